The van der Waals surface area contributed by atoms with Crippen LogP contribution in [0.1, 0.15) is 18.9 Å². The third-order valence-electron chi connectivity index (χ3n) is 2.40. The Kier molecular flexibility index (Phi) is 4.58. The van der Waals surface area contributed by atoms with Gasteiger partial charge in [-0.15, -0.1) is 11.3 Å². The molecular weight excluding hydrogens is 285 g/mol. The Labute approximate surface area is 115 Å². The summed E-state index contributed by atoms with van der Waals surface area (Å²) in [6.07, 6.45) is 0.161. The maximum absolute atomic E-state index is 12.4. The third-order valence-corrected chi connectivity index (χ3v) is 5.62. The highest BCUT2D eigenvalue weighted by Gasteiger charge is 2.26. The Bertz CT molecular complexity index is 603. The van der Waals surface area contributed by atoms with Crippen molar-refractivity contribution in [3.63, 3.8) is 0 Å². The van der Waals surface area contributed by atoms with Crippen LogP contribution in [-0.2, 0) is 19.8 Å². The third kappa shape index (κ3) is 3.54. The largest absolute Gasteiger partial charge is 0.508 e. The monoisotopic (exact) mass is 301 g/mol. The van der Waals surface area contributed by atoms with Crippen LogP contribution in [0.25, 0.3) is 10.2 Å². The number of benzene rings is 1. The molecule has 0 radical (unpaired) electrons. The summed E-state index contributed by atoms with van der Waals surface area (Å²) in [5.41, 5.74) is 0.775. The Morgan fingerprint density at radius 1 is 1.32 bits per heavy atom. The molecule has 0 fully saturated rings. The van der Waals surface area contributed by atoms with Gasteiger partial charge in [0.15, 0.2) is 0 Å². The van der Waals surface area contributed by atoms with E-state index in [0.717, 1.165) is 10.2 Å². The van der Waals surface area contributed by atoms with Crippen molar-refractivity contribution in [1.29, 1.82) is 0 Å². The zero-order valence-corrected chi connectivity index (χ0v) is 12.5. The van der Waals surface area contributed by atoms with Gasteiger partial charge in [0.25, 0.3) is 0 Å². The first kappa shape index (κ1) is 14.5. The molecule has 5 nitrogen and oxygen atoms in total. The fourth-order valence-corrected chi connectivity index (χ4v) is 4.69. The molecule has 1 N–H and O–H groups in total. The molecule has 0 unspecified atom stereocenters. The Hall–Kier alpha value is -0.940. The van der Waals surface area contributed by atoms with E-state index in [1.165, 1.54) is 11.3 Å². The van der Waals surface area contributed by atoms with Gasteiger partial charge in [-0.2, -0.15) is 0 Å². The topological polar surface area (TPSA) is 68.7 Å². The summed E-state index contributed by atoms with van der Waals surface area (Å²) in [7, 11) is -3.12. The number of phenolic OH excluding ortho intramolecular Hbond substituents is 1. The molecule has 1 heterocycles. The van der Waals surface area contributed by atoms with Crippen LogP contribution in [0, 0.1) is 0 Å². The number of thiazole rings is 1. The van der Waals surface area contributed by atoms with Crippen molar-refractivity contribution in [2.24, 2.45) is 0 Å². The molecule has 7 heteroatoms. The average molecular weight is 301 g/mol. The van der Waals surface area contributed by atoms with E-state index in [0.29, 0.717) is 18.2 Å². The predicted molar refractivity (Wildman–Crippen MR) is 75.8 cm³/mol. The molecule has 0 aliphatic heterocycles. The van der Waals surface area contributed by atoms with Gasteiger partial charge in [0.2, 0.25) is 0 Å². The second-order valence-electron chi connectivity index (χ2n) is 3.86. The van der Waals surface area contributed by atoms with E-state index in [1.807, 2.05) is 0 Å². The Morgan fingerprint density at radius 2 is 2.00 bits per heavy atom. The van der Waals surface area contributed by atoms with Crippen LogP contribution in [0.4, 0.5) is 0 Å². The van der Waals surface area contributed by atoms with E-state index in [2.05, 4.69) is 4.98 Å². The van der Waals surface area contributed by atoms with Crippen LogP contribution in [0.3, 0.4) is 0 Å². The van der Waals surface area contributed by atoms with Crippen molar-refractivity contribution >= 4 is 29.1 Å². The normalized spacial score (nSPS) is 12.1. The summed E-state index contributed by atoms with van der Waals surface area (Å²) in [4.78, 5) is 4.38. The summed E-state index contributed by atoms with van der Waals surface area (Å²) in [5, 5.41) is 10.1. The quantitative estimate of drug-likeness (QED) is 0.823. The molecule has 104 valence electrons. The van der Waals surface area contributed by atoms with Gasteiger partial charge in [-0.05, 0) is 32.0 Å². The first-order chi connectivity index (χ1) is 9.06. The van der Waals surface area contributed by atoms with E-state index < -0.39 is 7.60 Å². The smallest absolute Gasteiger partial charge is 0.337 e. The van der Waals surface area contributed by atoms with Crippen LogP contribution in [-0.4, -0.2) is 23.3 Å². The molecule has 19 heavy (non-hydrogen) atoms. The number of hydrogen-bond acceptors (Lipinski definition) is 6. The molecule has 1 aromatic carbocycles. The van der Waals surface area contributed by atoms with Crippen LogP contribution >= 0.6 is 18.9 Å². The maximum atomic E-state index is 12.4. The second-order valence-corrected chi connectivity index (χ2v) is 7.03. The zero-order valence-electron chi connectivity index (χ0n) is 10.8. The highest BCUT2D eigenvalue weighted by Crippen LogP contribution is 2.52. The number of rotatable bonds is 6. The zero-order chi connectivity index (χ0) is 13.9. The highest BCUT2D eigenvalue weighted by atomic mass is 32.1. The van der Waals surface area contributed by atoms with Crippen molar-refractivity contribution in [3.05, 3.63) is 23.2 Å². The van der Waals surface area contributed by atoms with Gasteiger partial charge >= 0.3 is 7.60 Å². The fraction of sp³-hybridized carbons (Fsp3) is 0.417. The number of aromatic nitrogens is 1. The highest BCUT2D eigenvalue weighted by molar-refractivity contribution is 7.53. The van der Waals surface area contributed by atoms with Crippen LogP contribution in [0.15, 0.2) is 18.2 Å². The van der Waals surface area contributed by atoms with E-state index in [1.54, 1.807) is 32.0 Å². The molecule has 0 aliphatic rings. The Balaban J connectivity index is 2.26. The fourth-order valence-electron chi connectivity index (χ4n) is 1.72. The number of phenols is 1. The molecule has 0 bridgehead atoms. The standard InChI is InChI=1S/C12H16NO4PS/c1-3-16-18(15,17-4-2)8-12-13-10-6-5-9(14)7-11(10)19-12/h5-7,14H,3-4,8H2,1-2H3. The number of aromatic hydroxyl groups is 1. The van der Waals surface area contributed by atoms with Gasteiger partial charge < -0.3 is 14.2 Å². The average Bonchev–Trinajstić information content (AvgIpc) is 2.70. The van der Waals surface area contributed by atoms with Crippen molar-refractivity contribution in [1.82, 2.24) is 4.98 Å². The lowest BCUT2D eigenvalue weighted by atomic mass is 10.3. The van der Waals surface area contributed by atoms with Gasteiger partial charge in [-0.25, -0.2) is 4.98 Å². The summed E-state index contributed by atoms with van der Waals surface area (Å²) < 4.78 is 23.7. The SMILES string of the molecule is CCOP(=O)(Cc1nc2ccc(O)cc2s1)OCC. The summed E-state index contributed by atoms with van der Waals surface area (Å²) in [6, 6.07) is 4.95. The van der Waals surface area contributed by atoms with E-state index in [9.17, 15) is 9.67 Å². The first-order valence-electron chi connectivity index (χ1n) is 6.03. The van der Waals surface area contributed by atoms with Gasteiger partial charge in [-0.1, -0.05) is 0 Å². The first-order valence-corrected chi connectivity index (χ1v) is 8.57. The molecule has 0 amide bonds. The number of nitrogens with zero attached hydrogens (tertiary/aromatic N) is 1. The van der Waals surface area contributed by atoms with Gasteiger partial charge in [0.05, 0.1) is 23.4 Å². The minimum Gasteiger partial charge on any atom is -0.508 e. The van der Waals surface area contributed by atoms with Crippen LogP contribution < -0.4 is 0 Å². The van der Waals surface area contributed by atoms with E-state index in [4.69, 9.17) is 9.05 Å². The van der Waals surface area contributed by atoms with Gasteiger partial charge in [-0.3, -0.25) is 4.57 Å². The summed E-state index contributed by atoms with van der Waals surface area (Å²) >= 11 is 1.39. The lowest BCUT2D eigenvalue weighted by Crippen LogP contribution is -1.98. The Morgan fingerprint density at radius 3 is 2.63 bits per heavy atom. The van der Waals surface area contributed by atoms with Gasteiger partial charge in [0, 0.05) is 0 Å². The van der Waals surface area contributed by atoms with E-state index >= 15 is 0 Å². The van der Waals surface area contributed by atoms with Crippen molar-refractivity contribution < 1.29 is 18.7 Å². The minimum absolute atomic E-state index is 0.161. The van der Waals surface area contributed by atoms with E-state index in [-0.39, 0.29) is 11.9 Å². The molecule has 0 spiro atoms. The second kappa shape index (κ2) is 6.01. The van der Waals surface area contributed by atoms with Gasteiger partial charge in [0.1, 0.15) is 16.9 Å². The molecular formula is C12H16NO4PS. The minimum atomic E-state index is -3.12. The number of fused-ring (bicyclic) bond motifs is 1. The summed E-state index contributed by atoms with van der Waals surface area (Å²) in [5.74, 6) is 0.195. The predicted octanol–water partition coefficient (Wildman–Crippen LogP) is 3.77. The van der Waals surface area contributed by atoms with Crippen LogP contribution in [0.2, 0.25) is 0 Å². The molecule has 2 rings (SSSR count). The van der Waals surface area contributed by atoms with Crippen molar-refractivity contribution in [2.45, 2.75) is 20.0 Å². The van der Waals surface area contributed by atoms with Crippen LogP contribution in [0.5, 0.6) is 5.75 Å². The van der Waals surface area contributed by atoms with Crippen molar-refractivity contribution in [3.8, 4) is 5.75 Å². The lowest BCUT2D eigenvalue weighted by molar-refractivity contribution is 0.219. The molecule has 0 saturated carbocycles. The molecule has 0 aliphatic carbocycles. The maximum Gasteiger partial charge on any atom is 0.337 e. The number of hydrogen-bond donors (Lipinski definition) is 1. The molecule has 2 aromatic rings. The lowest BCUT2D eigenvalue weighted by Gasteiger charge is -2.15. The molecule has 0 saturated heterocycles. The van der Waals surface area contributed by atoms with Crippen molar-refractivity contribution in [2.75, 3.05) is 13.2 Å². The molecule has 1 aromatic heterocycles. The molecule has 0 atom stereocenters. The summed E-state index contributed by atoms with van der Waals surface area (Å²) in [6.45, 7) is 4.23.